The van der Waals surface area contributed by atoms with Crippen LogP contribution in [0.25, 0.3) is 10.9 Å². The van der Waals surface area contributed by atoms with E-state index in [4.69, 9.17) is 11.6 Å². The molecular weight excluding hydrogens is 435 g/mol. The largest absolute Gasteiger partial charge is 0.477 e. The molecule has 0 radical (unpaired) electrons. The summed E-state index contributed by atoms with van der Waals surface area (Å²) in [6.45, 7) is 0.675. The summed E-state index contributed by atoms with van der Waals surface area (Å²) in [5.74, 6) is -2.65. The Morgan fingerprint density at radius 2 is 1.97 bits per heavy atom. The highest BCUT2D eigenvalue weighted by atomic mass is 35.5. The molecule has 3 fully saturated rings. The van der Waals surface area contributed by atoms with Crippen molar-refractivity contribution in [3.05, 3.63) is 38.9 Å². The van der Waals surface area contributed by atoms with Crippen molar-refractivity contribution in [2.75, 3.05) is 24.5 Å². The number of rotatable bonds is 6. The summed E-state index contributed by atoms with van der Waals surface area (Å²) in [6, 6.07) is 0.674. The molecule has 2 heterocycles. The average Bonchev–Trinajstić information content (AvgIpc) is 3.62. The molecule has 5 rings (SSSR count). The van der Waals surface area contributed by atoms with Crippen LogP contribution in [-0.4, -0.2) is 53.7 Å². The molecule has 0 amide bonds. The average molecular weight is 456 g/mol. The van der Waals surface area contributed by atoms with E-state index in [2.05, 4.69) is 5.32 Å². The highest BCUT2D eigenvalue weighted by Crippen LogP contribution is 2.44. The van der Waals surface area contributed by atoms with Crippen molar-refractivity contribution in [1.82, 2.24) is 9.88 Å². The van der Waals surface area contributed by atoms with Gasteiger partial charge in [-0.3, -0.25) is 4.79 Å². The van der Waals surface area contributed by atoms with Crippen molar-refractivity contribution in [1.29, 1.82) is 0 Å². The quantitative estimate of drug-likeness (QED) is 0.699. The van der Waals surface area contributed by atoms with Gasteiger partial charge in [0.25, 0.3) is 0 Å². The molecule has 1 saturated heterocycles. The predicted octanol–water partition coefficient (Wildman–Crippen LogP) is 3.30. The molecule has 2 saturated carbocycles. The summed E-state index contributed by atoms with van der Waals surface area (Å²) in [5.41, 5.74) is -1.43. The molecule has 0 unspecified atom stereocenters. The van der Waals surface area contributed by atoms with Gasteiger partial charge in [-0.1, -0.05) is 11.6 Å². The molecule has 0 bridgehead atoms. The predicted molar refractivity (Wildman–Crippen MR) is 110 cm³/mol. The van der Waals surface area contributed by atoms with Crippen LogP contribution >= 0.6 is 11.6 Å². The van der Waals surface area contributed by atoms with Gasteiger partial charge in [-0.2, -0.15) is 0 Å². The van der Waals surface area contributed by atoms with Crippen LogP contribution in [0.2, 0.25) is 5.02 Å². The molecule has 2 aromatic rings. The van der Waals surface area contributed by atoms with Crippen molar-refractivity contribution >= 4 is 34.2 Å². The number of carboxylic acids is 1. The van der Waals surface area contributed by atoms with Crippen molar-refractivity contribution in [3.8, 4) is 0 Å². The number of hydrogen-bond acceptors (Lipinski definition) is 4. The number of aromatic nitrogens is 1. The Hall–Kier alpha value is -2.26. The summed E-state index contributed by atoms with van der Waals surface area (Å²) in [4.78, 5) is 25.6. The molecule has 6 nitrogen and oxygen atoms in total. The Labute approximate surface area is 180 Å². The minimum Gasteiger partial charge on any atom is -0.477 e. The molecule has 0 spiro atoms. The minimum atomic E-state index is -1.48. The second-order valence-corrected chi connectivity index (χ2v) is 9.06. The number of anilines is 1. The molecule has 31 heavy (non-hydrogen) atoms. The number of pyridine rings is 1. The highest BCUT2D eigenvalue weighted by Gasteiger charge is 2.42. The molecule has 10 heteroatoms. The lowest BCUT2D eigenvalue weighted by Gasteiger charge is -2.23. The Kier molecular flexibility index (Phi) is 4.93. The zero-order valence-corrected chi connectivity index (χ0v) is 17.2. The van der Waals surface area contributed by atoms with E-state index in [0.717, 1.165) is 25.1 Å². The molecule has 166 valence electrons. The van der Waals surface area contributed by atoms with Crippen LogP contribution in [0.15, 0.2) is 17.1 Å². The molecule has 1 aliphatic heterocycles. The van der Waals surface area contributed by atoms with Gasteiger partial charge in [-0.05, 0) is 18.9 Å². The van der Waals surface area contributed by atoms with E-state index in [0.29, 0.717) is 12.6 Å². The summed E-state index contributed by atoms with van der Waals surface area (Å²) < 4.78 is 44.9. The SMILES string of the molecule is O=C(O)c1cn([C@@H]2C[C@@H]2F)c2c(Cl)c(N3C[C@H](CNC4CC4)[C@H](F)C3)c(F)cc2c1=O. The number of benzene rings is 1. The molecule has 3 aliphatic rings. The van der Waals surface area contributed by atoms with Crippen LogP contribution in [0.1, 0.15) is 35.7 Å². The molecule has 1 aromatic carbocycles. The first kappa shape index (κ1) is 20.6. The first-order chi connectivity index (χ1) is 14.8. The third kappa shape index (κ3) is 3.57. The first-order valence-corrected chi connectivity index (χ1v) is 10.7. The maximum Gasteiger partial charge on any atom is 0.341 e. The number of carboxylic acid groups (broad SMARTS) is 1. The first-order valence-electron chi connectivity index (χ1n) is 10.3. The normalized spacial score (nSPS) is 27.8. The Balaban J connectivity index is 1.59. The van der Waals surface area contributed by atoms with Gasteiger partial charge >= 0.3 is 5.97 Å². The van der Waals surface area contributed by atoms with Crippen molar-refractivity contribution in [2.45, 2.75) is 43.7 Å². The Morgan fingerprint density at radius 3 is 2.58 bits per heavy atom. The van der Waals surface area contributed by atoms with E-state index in [1.807, 2.05) is 0 Å². The lowest BCUT2D eigenvalue weighted by atomic mass is 10.1. The smallest absolute Gasteiger partial charge is 0.341 e. The van der Waals surface area contributed by atoms with Gasteiger partial charge in [0.15, 0.2) is 0 Å². The number of halogens is 4. The van der Waals surface area contributed by atoms with Crippen LogP contribution in [-0.2, 0) is 0 Å². The maximum absolute atomic E-state index is 15.1. The maximum atomic E-state index is 15.1. The van der Waals surface area contributed by atoms with Gasteiger partial charge in [-0.25, -0.2) is 18.0 Å². The standard InChI is InChI=1S/C21H21ClF3N3O3/c22-17-18-11(20(29)12(21(30)31)7-28(18)16-4-13(16)23)3-14(24)19(17)27-6-9(15(25)8-27)5-26-10-1-2-10/h3,7,9-10,13,15-16,26H,1-2,4-6,8H2,(H,30,31)/t9-,13-,15+,16+/m0/s1. The lowest BCUT2D eigenvalue weighted by molar-refractivity contribution is 0.0694. The lowest BCUT2D eigenvalue weighted by Crippen LogP contribution is -2.30. The summed E-state index contributed by atoms with van der Waals surface area (Å²) in [5, 5.41) is 12.3. The van der Waals surface area contributed by atoms with Gasteiger partial charge in [0, 0.05) is 44.2 Å². The number of nitrogens with one attached hydrogen (secondary N) is 1. The van der Waals surface area contributed by atoms with Crippen molar-refractivity contribution in [2.24, 2.45) is 5.92 Å². The number of alkyl halides is 2. The van der Waals surface area contributed by atoms with Crippen LogP contribution in [0.5, 0.6) is 0 Å². The molecule has 2 N–H and O–H groups in total. The summed E-state index contributed by atoms with van der Waals surface area (Å²) in [6.07, 6.45) is 0.973. The fourth-order valence-corrected chi connectivity index (χ4v) is 4.80. The monoisotopic (exact) mass is 455 g/mol. The van der Waals surface area contributed by atoms with Crippen LogP contribution in [0.3, 0.4) is 0 Å². The topological polar surface area (TPSA) is 74.6 Å². The van der Waals surface area contributed by atoms with Crippen LogP contribution in [0.4, 0.5) is 18.9 Å². The second kappa shape index (κ2) is 7.41. The fourth-order valence-electron chi connectivity index (χ4n) is 4.39. The van der Waals surface area contributed by atoms with Gasteiger partial charge in [0.2, 0.25) is 5.43 Å². The highest BCUT2D eigenvalue weighted by molar-refractivity contribution is 6.38. The van der Waals surface area contributed by atoms with E-state index in [-0.39, 0.29) is 47.0 Å². The number of hydrogen-bond donors (Lipinski definition) is 2. The van der Waals surface area contributed by atoms with Gasteiger partial charge < -0.3 is 19.9 Å². The van der Waals surface area contributed by atoms with E-state index >= 15 is 4.39 Å². The van der Waals surface area contributed by atoms with Gasteiger partial charge in [0.05, 0.1) is 27.7 Å². The second-order valence-electron chi connectivity index (χ2n) is 8.68. The summed E-state index contributed by atoms with van der Waals surface area (Å²) >= 11 is 6.54. The van der Waals surface area contributed by atoms with E-state index in [1.54, 1.807) is 0 Å². The van der Waals surface area contributed by atoms with Crippen LogP contribution < -0.4 is 15.6 Å². The van der Waals surface area contributed by atoms with Crippen molar-refractivity contribution in [3.63, 3.8) is 0 Å². The molecule has 1 aromatic heterocycles. The molecule has 2 aliphatic carbocycles. The van der Waals surface area contributed by atoms with E-state index < -0.39 is 41.2 Å². The Morgan fingerprint density at radius 1 is 1.26 bits per heavy atom. The molecular formula is C21H21ClF3N3O3. The third-order valence-electron chi connectivity index (χ3n) is 6.38. The van der Waals surface area contributed by atoms with Gasteiger partial charge in [-0.15, -0.1) is 0 Å². The number of fused-ring (bicyclic) bond motifs is 1. The molecule has 4 atom stereocenters. The zero-order chi connectivity index (χ0) is 22.0. The minimum absolute atomic E-state index is 0.0435. The number of nitrogens with zero attached hydrogens (tertiary/aromatic N) is 2. The Bertz CT molecular complexity index is 1140. The van der Waals surface area contributed by atoms with Crippen LogP contribution in [0, 0.1) is 11.7 Å². The summed E-state index contributed by atoms with van der Waals surface area (Å²) in [7, 11) is 0. The number of carbonyl (C=O) groups is 1. The third-order valence-corrected chi connectivity index (χ3v) is 6.73. The zero-order valence-electron chi connectivity index (χ0n) is 16.5. The van der Waals surface area contributed by atoms with Crippen molar-refractivity contribution < 1.29 is 23.1 Å². The van der Waals surface area contributed by atoms with Gasteiger partial charge in [0.1, 0.15) is 23.7 Å². The van der Waals surface area contributed by atoms with E-state index in [9.17, 15) is 23.5 Å². The fraction of sp³-hybridized carbons (Fsp3) is 0.524. The number of aromatic carboxylic acids is 1. The van der Waals surface area contributed by atoms with E-state index in [1.165, 1.54) is 9.47 Å².